The Morgan fingerprint density at radius 1 is 1.16 bits per heavy atom. The number of rotatable bonds is 0. The monoisotopic (exact) mass is 370 g/mol. The van der Waals surface area contributed by atoms with Crippen LogP contribution >= 0.6 is 11.6 Å². The number of phenolic OH excluding ortho intramolecular Hbond substituents is 2. The standard InChI is InChI=1S/C18H23ClO6/c1-9-6-15-14(25-15)5-3-2-4-10(20)7-11-16(18(23)24-9)12(21)8-13(22)17(11)19/h8-10,14-15,20-22H,2-7H2,1H3/t9-,10+,14-,15-/m1/s1. The summed E-state index contributed by atoms with van der Waals surface area (Å²) >= 11 is 6.13. The van der Waals surface area contributed by atoms with E-state index in [1.807, 2.05) is 0 Å². The number of ether oxygens (including phenoxy) is 2. The highest BCUT2D eigenvalue weighted by Gasteiger charge is 2.40. The second-order valence-electron chi connectivity index (χ2n) is 6.89. The van der Waals surface area contributed by atoms with E-state index < -0.39 is 17.8 Å². The maximum atomic E-state index is 12.6. The molecule has 0 aliphatic carbocycles. The molecule has 6 nitrogen and oxygen atoms in total. The zero-order valence-electron chi connectivity index (χ0n) is 14.1. The minimum absolute atomic E-state index is 0.0471. The zero-order chi connectivity index (χ0) is 18.1. The van der Waals surface area contributed by atoms with Crippen molar-refractivity contribution in [2.24, 2.45) is 0 Å². The van der Waals surface area contributed by atoms with Crippen LogP contribution in [-0.2, 0) is 15.9 Å². The molecule has 7 heteroatoms. The first-order chi connectivity index (χ1) is 11.9. The lowest BCUT2D eigenvalue weighted by molar-refractivity contribution is 0.0304. The Kier molecular flexibility index (Phi) is 5.41. The Labute approximate surface area is 151 Å². The van der Waals surface area contributed by atoms with Gasteiger partial charge >= 0.3 is 5.97 Å². The van der Waals surface area contributed by atoms with E-state index in [0.29, 0.717) is 12.8 Å². The third-order valence-corrected chi connectivity index (χ3v) is 5.22. The SMILES string of the molecule is C[C@@H]1C[C@H]2O[C@@H]2CCCC[C@H](O)Cc2c(Cl)c(O)cc(O)c2C(=O)O1. The summed E-state index contributed by atoms with van der Waals surface area (Å²) in [5.74, 6) is -1.46. The number of aromatic hydroxyl groups is 2. The fourth-order valence-electron chi connectivity index (χ4n) is 3.42. The topological polar surface area (TPSA) is 99.5 Å². The van der Waals surface area contributed by atoms with E-state index >= 15 is 0 Å². The number of esters is 1. The molecule has 4 atom stereocenters. The van der Waals surface area contributed by atoms with Crippen molar-refractivity contribution in [3.8, 4) is 11.5 Å². The van der Waals surface area contributed by atoms with Crippen LogP contribution in [0, 0.1) is 0 Å². The van der Waals surface area contributed by atoms with Crippen molar-refractivity contribution in [2.75, 3.05) is 0 Å². The van der Waals surface area contributed by atoms with Gasteiger partial charge in [-0.15, -0.1) is 0 Å². The van der Waals surface area contributed by atoms with Crippen LogP contribution in [0.15, 0.2) is 6.07 Å². The Bertz CT molecular complexity index is 661. The first-order valence-electron chi connectivity index (χ1n) is 8.64. The maximum Gasteiger partial charge on any atom is 0.342 e. The van der Waals surface area contributed by atoms with E-state index in [1.54, 1.807) is 6.92 Å². The molecule has 138 valence electrons. The molecule has 1 fully saturated rings. The summed E-state index contributed by atoms with van der Waals surface area (Å²) in [5, 5.41) is 30.2. The number of carbonyl (C=O) groups is 1. The highest BCUT2D eigenvalue weighted by Crippen LogP contribution is 2.38. The van der Waals surface area contributed by atoms with Gasteiger partial charge in [-0.25, -0.2) is 4.79 Å². The average molecular weight is 371 g/mol. The van der Waals surface area contributed by atoms with Crippen LogP contribution in [0.3, 0.4) is 0 Å². The number of cyclic esters (lactones) is 1. The molecule has 1 aromatic rings. The van der Waals surface area contributed by atoms with Gasteiger partial charge in [-0.1, -0.05) is 24.4 Å². The first-order valence-corrected chi connectivity index (χ1v) is 9.02. The summed E-state index contributed by atoms with van der Waals surface area (Å²) in [6.07, 6.45) is 3.07. The minimum Gasteiger partial charge on any atom is -0.507 e. The van der Waals surface area contributed by atoms with Gasteiger partial charge in [-0.3, -0.25) is 0 Å². The lowest BCUT2D eigenvalue weighted by Crippen LogP contribution is -2.21. The van der Waals surface area contributed by atoms with Crippen molar-refractivity contribution in [1.82, 2.24) is 0 Å². The van der Waals surface area contributed by atoms with Gasteiger partial charge in [0, 0.05) is 18.9 Å². The summed E-state index contributed by atoms with van der Waals surface area (Å²) < 4.78 is 11.0. The molecule has 0 radical (unpaired) electrons. The fraction of sp³-hybridized carbons (Fsp3) is 0.611. The molecule has 3 rings (SSSR count). The molecule has 2 heterocycles. The molecule has 1 saturated heterocycles. The number of hydrogen-bond donors (Lipinski definition) is 3. The Hall–Kier alpha value is -1.50. The number of hydrogen-bond acceptors (Lipinski definition) is 6. The number of halogens is 1. The Morgan fingerprint density at radius 2 is 1.88 bits per heavy atom. The molecule has 0 amide bonds. The van der Waals surface area contributed by atoms with Crippen molar-refractivity contribution < 1.29 is 29.6 Å². The Morgan fingerprint density at radius 3 is 2.64 bits per heavy atom. The van der Waals surface area contributed by atoms with Crippen LogP contribution < -0.4 is 0 Å². The maximum absolute atomic E-state index is 12.6. The van der Waals surface area contributed by atoms with Gasteiger partial charge in [0.25, 0.3) is 0 Å². The normalized spacial score (nSPS) is 30.6. The molecule has 0 aromatic heterocycles. The number of benzene rings is 1. The van der Waals surface area contributed by atoms with Gasteiger partial charge in [0.15, 0.2) is 0 Å². The molecule has 0 unspecified atom stereocenters. The highest BCUT2D eigenvalue weighted by molar-refractivity contribution is 6.33. The quantitative estimate of drug-likeness (QED) is 0.479. The highest BCUT2D eigenvalue weighted by atomic mass is 35.5. The van der Waals surface area contributed by atoms with Crippen molar-refractivity contribution in [2.45, 2.75) is 69.9 Å². The van der Waals surface area contributed by atoms with Gasteiger partial charge in [-0.05, 0) is 25.3 Å². The van der Waals surface area contributed by atoms with E-state index in [1.165, 1.54) is 0 Å². The molecular formula is C18H23ClO6. The van der Waals surface area contributed by atoms with Crippen LogP contribution in [0.4, 0.5) is 0 Å². The fourth-order valence-corrected chi connectivity index (χ4v) is 3.65. The van der Waals surface area contributed by atoms with E-state index in [2.05, 4.69) is 0 Å². The average Bonchev–Trinajstić information content (AvgIpc) is 3.25. The van der Waals surface area contributed by atoms with Crippen molar-refractivity contribution in [3.63, 3.8) is 0 Å². The van der Waals surface area contributed by atoms with Gasteiger partial charge in [0.2, 0.25) is 0 Å². The van der Waals surface area contributed by atoms with Crippen LogP contribution in [-0.4, -0.2) is 45.7 Å². The molecule has 25 heavy (non-hydrogen) atoms. The second kappa shape index (κ2) is 7.40. The number of fused-ring (bicyclic) bond motifs is 2. The summed E-state index contributed by atoms with van der Waals surface area (Å²) in [6, 6.07) is 1.02. The Balaban J connectivity index is 1.92. The molecule has 1 aromatic carbocycles. The summed E-state index contributed by atoms with van der Waals surface area (Å²) in [5.41, 5.74) is 0.112. The summed E-state index contributed by atoms with van der Waals surface area (Å²) in [7, 11) is 0. The van der Waals surface area contributed by atoms with Gasteiger partial charge in [-0.2, -0.15) is 0 Å². The second-order valence-corrected chi connectivity index (χ2v) is 7.27. The molecule has 3 N–H and O–H groups in total. The van der Waals surface area contributed by atoms with Crippen LogP contribution in [0.25, 0.3) is 0 Å². The van der Waals surface area contributed by atoms with Gasteiger partial charge in [0.05, 0.1) is 23.3 Å². The zero-order valence-corrected chi connectivity index (χ0v) is 14.8. The van der Waals surface area contributed by atoms with Crippen LogP contribution in [0.1, 0.15) is 54.9 Å². The molecule has 2 aliphatic heterocycles. The van der Waals surface area contributed by atoms with E-state index in [4.69, 9.17) is 21.1 Å². The molecule has 0 bridgehead atoms. The summed E-state index contributed by atoms with van der Waals surface area (Å²) in [6.45, 7) is 1.77. The third kappa shape index (κ3) is 4.19. The predicted octanol–water partition coefficient (Wildman–Crippen LogP) is 2.93. The smallest absolute Gasteiger partial charge is 0.342 e. The van der Waals surface area contributed by atoms with Gasteiger partial charge in [0.1, 0.15) is 23.2 Å². The number of aliphatic hydroxyl groups excluding tert-OH is 1. The number of epoxide rings is 1. The molecule has 0 saturated carbocycles. The lowest BCUT2D eigenvalue weighted by atomic mass is 9.96. The third-order valence-electron chi connectivity index (χ3n) is 4.80. The lowest BCUT2D eigenvalue weighted by Gasteiger charge is -2.19. The van der Waals surface area contributed by atoms with Crippen molar-refractivity contribution >= 4 is 17.6 Å². The van der Waals surface area contributed by atoms with E-state index in [9.17, 15) is 20.1 Å². The van der Waals surface area contributed by atoms with Crippen LogP contribution in [0.5, 0.6) is 11.5 Å². The van der Waals surface area contributed by atoms with Gasteiger partial charge < -0.3 is 24.8 Å². The van der Waals surface area contributed by atoms with Crippen molar-refractivity contribution in [3.05, 3.63) is 22.2 Å². The molecule has 2 aliphatic rings. The minimum atomic E-state index is -0.735. The first kappa shape index (κ1) is 18.3. The molecule has 0 spiro atoms. The number of phenols is 2. The van der Waals surface area contributed by atoms with Crippen molar-refractivity contribution in [1.29, 1.82) is 0 Å². The number of carbonyl (C=O) groups excluding carboxylic acids is 1. The van der Waals surface area contributed by atoms with E-state index in [-0.39, 0.29) is 46.6 Å². The van der Waals surface area contributed by atoms with E-state index in [0.717, 1.165) is 25.3 Å². The molecular weight excluding hydrogens is 348 g/mol. The van der Waals surface area contributed by atoms with Crippen LogP contribution in [0.2, 0.25) is 5.02 Å². The summed E-state index contributed by atoms with van der Waals surface area (Å²) in [4.78, 5) is 12.6. The predicted molar refractivity (Wildman–Crippen MR) is 91.1 cm³/mol. The number of aliphatic hydroxyl groups is 1. The largest absolute Gasteiger partial charge is 0.507 e.